The van der Waals surface area contributed by atoms with Gasteiger partial charge in [0.2, 0.25) is 5.89 Å². The summed E-state index contributed by atoms with van der Waals surface area (Å²) in [5, 5.41) is 7.43. The number of aromatic nitrogens is 2. The summed E-state index contributed by atoms with van der Waals surface area (Å²) in [6.45, 7) is 4.90. The van der Waals surface area contributed by atoms with Crippen molar-refractivity contribution in [3.8, 4) is 0 Å². The SMILES string of the molecule is CCCc1ccc(C(=O)CCc2nc(C3CNCCN3C)no2)cc1.Cl. The molecule has 2 aromatic rings. The first kappa shape index (κ1) is 20.6. The van der Waals surface area contributed by atoms with Gasteiger partial charge in [-0.1, -0.05) is 42.8 Å². The van der Waals surface area contributed by atoms with E-state index in [2.05, 4.69) is 34.3 Å². The molecule has 2 heterocycles. The number of ketones is 1. The number of Topliss-reactive ketones (excluding diaryl/α,β-unsaturated/α-hetero) is 1. The first-order valence-electron chi connectivity index (χ1n) is 9.03. The molecule has 6 nitrogen and oxygen atoms in total. The van der Waals surface area contributed by atoms with Crippen LogP contribution in [0.3, 0.4) is 0 Å². The first-order chi connectivity index (χ1) is 12.2. The summed E-state index contributed by atoms with van der Waals surface area (Å²) in [6.07, 6.45) is 3.02. The third-order valence-corrected chi connectivity index (χ3v) is 4.67. The van der Waals surface area contributed by atoms with Crippen LogP contribution in [0.2, 0.25) is 0 Å². The average molecular weight is 379 g/mol. The molecule has 1 unspecified atom stereocenters. The summed E-state index contributed by atoms with van der Waals surface area (Å²) >= 11 is 0. The van der Waals surface area contributed by atoms with Gasteiger partial charge in [0.15, 0.2) is 11.6 Å². The van der Waals surface area contributed by atoms with E-state index in [0.29, 0.717) is 24.6 Å². The second-order valence-electron chi connectivity index (χ2n) is 6.62. The molecule has 1 atom stereocenters. The Balaban J connectivity index is 0.00000243. The lowest BCUT2D eigenvalue weighted by atomic mass is 10.0. The summed E-state index contributed by atoms with van der Waals surface area (Å²) < 4.78 is 5.34. The predicted molar refractivity (Wildman–Crippen MR) is 103 cm³/mol. The molecule has 1 N–H and O–H groups in total. The summed E-state index contributed by atoms with van der Waals surface area (Å²) in [5.74, 6) is 1.34. The van der Waals surface area contributed by atoms with E-state index in [1.807, 2.05) is 24.3 Å². The lowest BCUT2D eigenvalue weighted by Crippen LogP contribution is -2.44. The summed E-state index contributed by atoms with van der Waals surface area (Å²) in [4.78, 5) is 19.0. The van der Waals surface area contributed by atoms with Crippen molar-refractivity contribution in [1.82, 2.24) is 20.4 Å². The summed E-state index contributed by atoms with van der Waals surface area (Å²) in [6, 6.07) is 8.03. The Bertz CT molecular complexity index is 702. The van der Waals surface area contributed by atoms with Crippen LogP contribution in [-0.2, 0) is 12.8 Å². The minimum absolute atomic E-state index is 0. The quantitative estimate of drug-likeness (QED) is 0.747. The van der Waals surface area contributed by atoms with Crippen molar-refractivity contribution >= 4 is 18.2 Å². The molecule has 1 saturated heterocycles. The molecule has 7 heteroatoms. The fraction of sp³-hybridized carbons (Fsp3) is 0.526. The van der Waals surface area contributed by atoms with E-state index < -0.39 is 0 Å². The number of benzene rings is 1. The molecule has 1 aliphatic rings. The van der Waals surface area contributed by atoms with Crippen molar-refractivity contribution in [2.24, 2.45) is 0 Å². The van der Waals surface area contributed by atoms with Crippen LogP contribution in [0.25, 0.3) is 0 Å². The van der Waals surface area contributed by atoms with Crippen LogP contribution in [0.15, 0.2) is 28.8 Å². The van der Waals surface area contributed by atoms with Gasteiger partial charge in [0.1, 0.15) is 0 Å². The Hall–Kier alpha value is -1.76. The highest BCUT2D eigenvalue weighted by molar-refractivity contribution is 5.96. The number of piperazine rings is 1. The summed E-state index contributed by atoms with van der Waals surface area (Å²) in [5.41, 5.74) is 2.02. The largest absolute Gasteiger partial charge is 0.339 e. The molecule has 26 heavy (non-hydrogen) atoms. The third kappa shape index (κ3) is 5.13. The standard InChI is InChI=1S/C19H26N4O2.ClH/c1-3-4-14-5-7-15(8-6-14)17(24)9-10-18-21-19(22-25-18)16-13-20-11-12-23(16)2;/h5-8,16,20H,3-4,9-13H2,1-2H3;1H. The first-order valence-corrected chi connectivity index (χ1v) is 9.03. The van der Waals surface area contributed by atoms with Gasteiger partial charge < -0.3 is 9.84 Å². The molecule has 3 rings (SSSR count). The zero-order chi connectivity index (χ0) is 17.6. The molecule has 0 radical (unpaired) electrons. The molecule has 142 valence electrons. The van der Waals surface area contributed by atoms with Crippen molar-refractivity contribution < 1.29 is 9.32 Å². The second kappa shape index (κ2) is 9.80. The van der Waals surface area contributed by atoms with E-state index in [1.165, 1.54) is 5.56 Å². The van der Waals surface area contributed by atoms with Gasteiger partial charge in [-0.05, 0) is 19.0 Å². The molecule has 0 aliphatic carbocycles. The minimum atomic E-state index is 0. The highest BCUT2D eigenvalue weighted by Gasteiger charge is 2.25. The van der Waals surface area contributed by atoms with Crippen molar-refractivity contribution in [3.05, 3.63) is 47.1 Å². The van der Waals surface area contributed by atoms with Gasteiger partial charge in [0.25, 0.3) is 0 Å². The van der Waals surface area contributed by atoms with Crippen LogP contribution in [-0.4, -0.2) is 47.5 Å². The van der Waals surface area contributed by atoms with Gasteiger partial charge in [-0.15, -0.1) is 12.4 Å². The molecule has 1 fully saturated rings. The van der Waals surface area contributed by atoms with Gasteiger partial charge in [0.05, 0.1) is 6.04 Å². The van der Waals surface area contributed by atoms with Crippen LogP contribution < -0.4 is 5.32 Å². The Kier molecular flexibility index (Phi) is 7.75. The Labute approximate surface area is 160 Å². The van der Waals surface area contributed by atoms with Crippen molar-refractivity contribution in [2.75, 3.05) is 26.7 Å². The van der Waals surface area contributed by atoms with Crippen molar-refractivity contribution in [3.63, 3.8) is 0 Å². The molecule has 0 bridgehead atoms. The molecular formula is C19H27ClN4O2. The summed E-state index contributed by atoms with van der Waals surface area (Å²) in [7, 11) is 2.06. The molecule has 1 aromatic carbocycles. The number of nitrogens with one attached hydrogen (secondary N) is 1. The number of nitrogens with zero attached hydrogens (tertiary/aromatic N) is 3. The Morgan fingerprint density at radius 1 is 1.31 bits per heavy atom. The molecular weight excluding hydrogens is 352 g/mol. The maximum Gasteiger partial charge on any atom is 0.227 e. The van der Waals surface area contributed by atoms with E-state index >= 15 is 0 Å². The number of carbonyl (C=O) groups is 1. The van der Waals surface area contributed by atoms with Crippen LogP contribution in [0.4, 0.5) is 0 Å². The maximum atomic E-state index is 12.3. The Morgan fingerprint density at radius 2 is 2.08 bits per heavy atom. The van der Waals surface area contributed by atoms with Gasteiger partial charge in [-0.3, -0.25) is 9.69 Å². The number of hydrogen-bond acceptors (Lipinski definition) is 6. The minimum Gasteiger partial charge on any atom is -0.339 e. The lowest BCUT2D eigenvalue weighted by Gasteiger charge is -2.30. The number of halogens is 1. The average Bonchev–Trinajstić information content (AvgIpc) is 3.10. The Morgan fingerprint density at radius 3 is 2.77 bits per heavy atom. The molecule has 0 saturated carbocycles. The smallest absolute Gasteiger partial charge is 0.227 e. The van der Waals surface area contributed by atoms with Crippen LogP contribution in [0.5, 0.6) is 0 Å². The van der Waals surface area contributed by atoms with Crippen LogP contribution in [0, 0.1) is 0 Å². The van der Waals surface area contributed by atoms with Crippen molar-refractivity contribution in [1.29, 1.82) is 0 Å². The lowest BCUT2D eigenvalue weighted by molar-refractivity contribution is 0.0979. The molecule has 0 amide bonds. The maximum absolute atomic E-state index is 12.3. The fourth-order valence-corrected chi connectivity index (χ4v) is 3.11. The van der Waals surface area contributed by atoms with Gasteiger partial charge in [0, 0.05) is 38.0 Å². The van der Waals surface area contributed by atoms with Crippen molar-refractivity contribution in [2.45, 2.75) is 38.6 Å². The second-order valence-corrected chi connectivity index (χ2v) is 6.62. The number of likely N-dealkylation sites (N-methyl/N-ethyl adjacent to an activating group) is 1. The van der Waals surface area contributed by atoms with E-state index in [-0.39, 0.29) is 24.2 Å². The normalized spacial score (nSPS) is 17.7. The zero-order valence-electron chi connectivity index (χ0n) is 15.4. The van der Waals surface area contributed by atoms with E-state index in [9.17, 15) is 4.79 Å². The fourth-order valence-electron chi connectivity index (χ4n) is 3.11. The third-order valence-electron chi connectivity index (χ3n) is 4.67. The topological polar surface area (TPSA) is 71.3 Å². The van der Waals surface area contributed by atoms with Gasteiger partial charge in [-0.2, -0.15) is 4.98 Å². The van der Waals surface area contributed by atoms with Crippen LogP contribution in [0.1, 0.15) is 53.4 Å². The van der Waals surface area contributed by atoms with E-state index in [0.717, 1.165) is 38.0 Å². The monoisotopic (exact) mass is 378 g/mol. The number of carbonyl (C=O) groups excluding carboxylic acids is 1. The van der Waals surface area contributed by atoms with Gasteiger partial charge >= 0.3 is 0 Å². The number of aryl methyl sites for hydroxylation is 2. The van der Waals surface area contributed by atoms with E-state index in [4.69, 9.17) is 4.52 Å². The highest BCUT2D eigenvalue weighted by atomic mass is 35.5. The molecule has 1 aliphatic heterocycles. The zero-order valence-corrected chi connectivity index (χ0v) is 16.2. The molecule has 0 spiro atoms. The van der Waals surface area contributed by atoms with E-state index in [1.54, 1.807) is 0 Å². The molecule has 1 aromatic heterocycles. The number of hydrogen-bond donors (Lipinski definition) is 1. The van der Waals surface area contributed by atoms with Crippen LogP contribution >= 0.6 is 12.4 Å². The predicted octanol–water partition coefficient (Wildman–Crippen LogP) is 2.84. The van der Waals surface area contributed by atoms with Gasteiger partial charge in [-0.25, -0.2) is 0 Å². The highest BCUT2D eigenvalue weighted by Crippen LogP contribution is 2.18. The number of rotatable bonds is 7.